The van der Waals surface area contributed by atoms with E-state index in [1.54, 1.807) is 6.07 Å². The van der Waals surface area contributed by atoms with Gasteiger partial charge in [-0.25, -0.2) is 0 Å². The van der Waals surface area contributed by atoms with Crippen LogP contribution in [-0.2, 0) is 6.54 Å². The van der Waals surface area contributed by atoms with Gasteiger partial charge in [0.05, 0.1) is 0 Å². The van der Waals surface area contributed by atoms with E-state index in [4.69, 9.17) is 0 Å². The molecule has 0 amide bonds. The highest BCUT2D eigenvalue weighted by Crippen LogP contribution is 2.35. The third kappa shape index (κ3) is 3.05. The van der Waals surface area contributed by atoms with Crippen LogP contribution >= 0.6 is 0 Å². The van der Waals surface area contributed by atoms with E-state index in [1.807, 2.05) is 10.6 Å². The van der Waals surface area contributed by atoms with Crippen molar-refractivity contribution < 1.29 is 0 Å². The van der Waals surface area contributed by atoms with E-state index in [0.717, 1.165) is 26.2 Å². The predicted molar refractivity (Wildman–Crippen MR) is 97.5 cm³/mol. The van der Waals surface area contributed by atoms with Gasteiger partial charge in [-0.05, 0) is 42.9 Å². The second kappa shape index (κ2) is 6.56. The van der Waals surface area contributed by atoms with Gasteiger partial charge in [0.1, 0.15) is 0 Å². The van der Waals surface area contributed by atoms with Crippen molar-refractivity contribution in [3.63, 3.8) is 0 Å². The fourth-order valence-corrected chi connectivity index (χ4v) is 4.50. The minimum absolute atomic E-state index is 0.174. The van der Waals surface area contributed by atoms with Gasteiger partial charge in [-0.2, -0.15) is 0 Å². The monoisotopic (exact) mass is 322 g/mol. The SMILES string of the molecule is C[C@@H](CCN1C[C@H]2C[C@@H](C1)c1cccc(=O)n1C2)c1ccccc1. The normalized spacial score (nSPS) is 24.4. The fourth-order valence-electron chi connectivity index (χ4n) is 4.50. The minimum atomic E-state index is 0.174. The number of hydrogen-bond acceptors (Lipinski definition) is 2. The molecule has 1 aromatic heterocycles. The summed E-state index contributed by atoms with van der Waals surface area (Å²) < 4.78 is 2.02. The Bertz CT molecular complexity index is 752. The molecule has 0 saturated carbocycles. The molecule has 0 spiro atoms. The largest absolute Gasteiger partial charge is 0.312 e. The first-order valence-corrected chi connectivity index (χ1v) is 9.18. The first-order chi connectivity index (χ1) is 11.7. The molecule has 0 aliphatic carbocycles. The van der Waals surface area contributed by atoms with Crippen molar-refractivity contribution in [1.29, 1.82) is 0 Å². The zero-order valence-electron chi connectivity index (χ0n) is 14.4. The number of piperidine rings is 1. The highest BCUT2D eigenvalue weighted by Gasteiger charge is 2.34. The van der Waals surface area contributed by atoms with Crippen LogP contribution < -0.4 is 5.56 Å². The lowest BCUT2D eigenvalue weighted by Gasteiger charge is -2.43. The van der Waals surface area contributed by atoms with Crippen molar-refractivity contribution in [3.05, 3.63) is 70.1 Å². The molecule has 1 fully saturated rings. The van der Waals surface area contributed by atoms with Gasteiger partial charge in [0.25, 0.3) is 5.56 Å². The zero-order chi connectivity index (χ0) is 16.5. The van der Waals surface area contributed by atoms with E-state index in [2.05, 4.69) is 48.2 Å². The number of aromatic nitrogens is 1. The van der Waals surface area contributed by atoms with Crippen LogP contribution in [-0.4, -0.2) is 29.1 Å². The molecule has 2 bridgehead atoms. The van der Waals surface area contributed by atoms with E-state index < -0.39 is 0 Å². The van der Waals surface area contributed by atoms with Gasteiger partial charge in [0, 0.05) is 37.3 Å². The Kier molecular flexibility index (Phi) is 4.28. The lowest BCUT2D eigenvalue weighted by molar-refractivity contribution is 0.117. The molecule has 0 radical (unpaired) electrons. The van der Waals surface area contributed by atoms with Crippen LogP contribution in [0.2, 0.25) is 0 Å². The second-order valence-electron chi connectivity index (χ2n) is 7.56. The van der Waals surface area contributed by atoms with E-state index >= 15 is 0 Å². The Morgan fingerprint density at radius 2 is 1.88 bits per heavy atom. The summed E-state index contributed by atoms with van der Waals surface area (Å²) in [5, 5.41) is 0. The van der Waals surface area contributed by atoms with Crippen molar-refractivity contribution in [2.45, 2.75) is 38.1 Å². The summed E-state index contributed by atoms with van der Waals surface area (Å²) in [6.45, 7) is 6.62. The Hall–Kier alpha value is -1.87. The molecular formula is C21H26N2O. The topological polar surface area (TPSA) is 25.2 Å². The maximum absolute atomic E-state index is 12.1. The molecular weight excluding hydrogens is 296 g/mol. The Labute approximate surface area is 143 Å². The van der Waals surface area contributed by atoms with Gasteiger partial charge in [-0.15, -0.1) is 0 Å². The number of hydrogen-bond donors (Lipinski definition) is 0. The molecule has 2 aliphatic rings. The van der Waals surface area contributed by atoms with Crippen LogP contribution in [0.1, 0.15) is 42.9 Å². The van der Waals surface area contributed by atoms with Crippen LogP contribution in [0.15, 0.2) is 53.3 Å². The summed E-state index contributed by atoms with van der Waals surface area (Å²) >= 11 is 0. The first kappa shape index (κ1) is 15.6. The average Bonchev–Trinajstić information content (AvgIpc) is 2.61. The van der Waals surface area contributed by atoms with Gasteiger partial charge < -0.3 is 9.47 Å². The van der Waals surface area contributed by atoms with E-state index in [0.29, 0.717) is 17.8 Å². The van der Waals surface area contributed by atoms with Crippen LogP contribution in [0.4, 0.5) is 0 Å². The van der Waals surface area contributed by atoms with Crippen LogP contribution in [0.5, 0.6) is 0 Å². The molecule has 0 N–H and O–H groups in total. The molecule has 0 unspecified atom stereocenters. The van der Waals surface area contributed by atoms with Crippen molar-refractivity contribution in [1.82, 2.24) is 9.47 Å². The third-order valence-corrected chi connectivity index (χ3v) is 5.80. The standard InChI is InChI=1S/C21H26N2O/c1-16(18-6-3-2-4-7-18)10-11-22-13-17-12-19(15-22)20-8-5-9-21(24)23(20)14-17/h2-9,16-17,19H,10-15H2,1H3/t16-,17+,19-/m0/s1. The summed E-state index contributed by atoms with van der Waals surface area (Å²) in [7, 11) is 0. The summed E-state index contributed by atoms with van der Waals surface area (Å²) in [6.07, 6.45) is 2.44. The molecule has 3 heterocycles. The van der Waals surface area contributed by atoms with Gasteiger partial charge in [-0.1, -0.05) is 43.3 Å². The predicted octanol–water partition coefficient (Wildman–Crippen LogP) is 3.46. The smallest absolute Gasteiger partial charge is 0.250 e. The maximum atomic E-state index is 12.1. The maximum Gasteiger partial charge on any atom is 0.250 e. The average molecular weight is 322 g/mol. The number of rotatable bonds is 4. The molecule has 2 aromatic rings. The lowest BCUT2D eigenvalue weighted by atomic mass is 9.83. The molecule has 126 valence electrons. The van der Waals surface area contributed by atoms with Gasteiger partial charge in [0.15, 0.2) is 0 Å². The Morgan fingerprint density at radius 1 is 1.04 bits per heavy atom. The van der Waals surface area contributed by atoms with E-state index in [-0.39, 0.29) is 5.56 Å². The Morgan fingerprint density at radius 3 is 2.71 bits per heavy atom. The summed E-state index contributed by atoms with van der Waals surface area (Å²) in [6, 6.07) is 16.6. The van der Waals surface area contributed by atoms with Crippen molar-refractivity contribution in [3.8, 4) is 0 Å². The van der Waals surface area contributed by atoms with Crippen molar-refractivity contribution in [2.75, 3.05) is 19.6 Å². The third-order valence-electron chi connectivity index (χ3n) is 5.80. The molecule has 3 atom stereocenters. The molecule has 2 aliphatic heterocycles. The molecule has 3 heteroatoms. The van der Waals surface area contributed by atoms with Crippen molar-refractivity contribution in [2.24, 2.45) is 5.92 Å². The second-order valence-corrected chi connectivity index (χ2v) is 7.56. The first-order valence-electron chi connectivity index (χ1n) is 9.18. The quantitative estimate of drug-likeness (QED) is 0.861. The number of fused-ring (bicyclic) bond motifs is 4. The highest BCUT2D eigenvalue weighted by atomic mass is 16.1. The molecule has 3 nitrogen and oxygen atoms in total. The Balaban J connectivity index is 1.42. The number of benzene rings is 1. The van der Waals surface area contributed by atoms with Gasteiger partial charge in [-0.3, -0.25) is 4.79 Å². The van der Waals surface area contributed by atoms with E-state index in [1.165, 1.54) is 24.1 Å². The van der Waals surface area contributed by atoms with Crippen LogP contribution in [0.25, 0.3) is 0 Å². The number of likely N-dealkylation sites (tertiary alicyclic amines) is 1. The summed E-state index contributed by atoms with van der Waals surface area (Å²) in [5.74, 6) is 1.75. The minimum Gasteiger partial charge on any atom is -0.312 e. The van der Waals surface area contributed by atoms with E-state index in [9.17, 15) is 4.79 Å². The van der Waals surface area contributed by atoms with Crippen LogP contribution in [0.3, 0.4) is 0 Å². The zero-order valence-corrected chi connectivity index (χ0v) is 14.4. The lowest BCUT2D eigenvalue weighted by Crippen LogP contribution is -2.47. The van der Waals surface area contributed by atoms with Crippen molar-refractivity contribution >= 4 is 0 Å². The summed E-state index contributed by atoms with van der Waals surface area (Å²) in [4.78, 5) is 14.7. The van der Waals surface area contributed by atoms with Gasteiger partial charge >= 0.3 is 0 Å². The number of pyridine rings is 1. The molecule has 1 saturated heterocycles. The number of nitrogens with zero attached hydrogens (tertiary/aromatic N) is 2. The molecule has 4 rings (SSSR count). The highest BCUT2D eigenvalue weighted by molar-refractivity contribution is 5.19. The molecule has 1 aromatic carbocycles. The molecule has 24 heavy (non-hydrogen) atoms. The van der Waals surface area contributed by atoms with Crippen LogP contribution in [0, 0.1) is 5.92 Å². The summed E-state index contributed by atoms with van der Waals surface area (Å²) in [5.41, 5.74) is 2.86. The fraction of sp³-hybridized carbons (Fsp3) is 0.476. The van der Waals surface area contributed by atoms with Gasteiger partial charge in [0.2, 0.25) is 0 Å².